The van der Waals surface area contributed by atoms with E-state index in [2.05, 4.69) is 5.32 Å². The Morgan fingerprint density at radius 1 is 1.50 bits per heavy atom. The van der Waals surface area contributed by atoms with E-state index in [-0.39, 0.29) is 18.0 Å². The van der Waals surface area contributed by atoms with Crippen LogP contribution >= 0.6 is 11.6 Å². The summed E-state index contributed by atoms with van der Waals surface area (Å²) in [5.74, 6) is -0.256. The Morgan fingerprint density at radius 2 is 2.33 bits per heavy atom. The van der Waals surface area contributed by atoms with Crippen molar-refractivity contribution in [3.05, 3.63) is 34.6 Å². The predicted octanol–water partition coefficient (Wildman–Crippen LogP) is 3.70. The van der Waals surface area contributed by atoms with Crippen LogP contribution in [0.15, 0.2) is 18.2 Å². The summed E-state index contributed by atoms with van der Waals surface area (Å²) < 4.78 is 19.2. The van der Waals surface area contributed by atoms with Crippen molar-refractivity contribution < 1.29 is 9.13 Å². The second-order valence-electron chi connectivity index (χ2n) is 4.61. The maximum Gasteiger partial charge on any atom is 0.123 e. The minimum atomic E-state index is -0.256. The average Bonchev–Trinajstić information content (AvgIpc) is 2.40. The van der Waals surface area contributed by atoms with Crippen LogP contribution in [0.1, 0.15) is 37.8 Å². The van der Waals surface area contributed by atoms with Gasteiger partial charge in [-0.05, 0) is 49.6 Å². The van der Waals surface area contributed by atoms with Gasteiger partial charge in [-0.1, -0.05) is 18.5 Å². The number of hydrogen-bond donors (Lipinski definition) is 1. The van der Waals surface area contributed by atoms with Crippen LogP contribution in [-0.2, 0) is 4.74 Å². The van der Waals surface area contributed by atoms with Gasteiger partial charge in [0.15, 0.2) is 0 Å². The second kappa shape index (κ2) is 6.50. The highest BCUT2D eigenvalue weighted by atomic mass is 35.5. The zero-order valence-corrected chi connectivity index (χ0v) is 11.3. The number of likely N-dealkylation sites (N-methyl/N-ethyl adjacent to an activating group) is 1. The van der Waals surface area contributed by atoms with Gasteiger partial charge in [0, 0.05) is 11.6 Å². The Balaban J connectivity index is 2.24. The molecule has 1 saturated heterocycles. The zero-order chi connectivity index (χ0) is 13.0. The molecule has 1 aromatic carbocycles. The number of hydrogen-bond acceptors (Lipinski definition) is 2. The van der Waals surface area contributed by atoms with Crippen LogP contribution in [0.3, 0.4) is 0 Å². The van der Waals surface area contributed by atoms with Gasteiger partial charge >= 0.3 is 0 Å². The molecular formula is C14H19ClFNO. The molecule has 0 saturated carbocycles. The van der Waals surface area contributed by atoms with Gasteiger partial charge in [-0.15, -0.1) is 0 Å². The molecule has 100 valence electrons. The van der Waals surface area contributed by atoms with E-state index in [1.165, 1.54) is 12.1 Å². The molecule has 0 bridgehead atoms. The van der Waals surface area contributed by atoms with Crippen LogP contribution in [0.4, 0.5) is 4.39 Å². The highest BCUT2D eigenvalue weighted by Crippen LogP contribution is 2.31. The molecule has 18 heavy (non-hydrogen) atoms. The van der Waals surface area contributed by atoms with E-state index in [1.54, 1.807) is 6.07 Å². The molecule has 0 spiro atoms. The Kier molecular flexibility index (Phi) is 4.98. The third-order valence-corrected chi connectivity index (χ3v) is 3.65. The van der Waals surface area contributed by atoms with Crippen LogP contribution in [0.2, 0.25) is 5.02 Å². The zero-order valence-electron chi connectivity index (χ0n) is 10.6. The van der Waals surface area contributed by atoms with E-state index in [9.17, 15) is 4.39 Å². The number of rotatable bonds is 4. The number of nitrogens with one attached hydrogen (secondary N) is 1. The monoisotopic (exact) mass is 271 g/mol. The Bertz CT molecular complexity index is 393. The third kappa shape index (κ3) is 3.22. The van der Waals surface area contributed by atoms with Crippen molar-refractivity contribution in [2.45, 2.75) is 38.3 Å². The molecule has 2 unspecified atom stereocenters. The van der Waals surface area contributed by atoms with Gasteiger partial charge in [-0.25, -0.2) is 4.39 Å². The van der Waals surface area contributed by atoms with Gasteiger partial charge in [0.25, 0.3) is 0 Å². The summed E-state index contributed by atoms with van der Waals surface area (Å²) in [6.07, 6.45) is 3.33. The minimum Gasteiger partial charge on any atom is -0.376 e. The lowest BCUT2D eigenvalue weighted by Gasteiger charge is -2.31. The SMILES string of the molecule is CCNC(c1cc(F)ccc1Cl)C1CCCCO1. The summed E-state index contributed by atoms with van der Waals surface area (Å²) in [5, 5.41) is 3.95. The van der Waals surface area contributed by atoms with Crippen molar-refractivity contribution >= 4 is 11.6 Å². The average molecular weight is 272 g/mol. The van der Waals surface area contributed by atoms with E-state index in [1.807, 2.05) is 6.92 Å². The van der Waals surface area contributed by atoms with Crippen molar-refractivity contribution in [1.82, 2.24) is 5.32 Å². The third-order valence-electron chi connectivity index (χ3n) is 3.30. The lowest BCUT2D eigenvalue weighted by atomic mass is 9.95. The molecule has 2 nitrogen and oxygen atoms in total. The fourth-order valence-corrected chi connectivity index (χ4v) is 2.68. The smallest absolute Gasteiger partial charge is 0.123 e. The molecule has 1 aromatic rings. The fraction of sp³-hybridized carbons (Fsp3) is 0.571. The summed E-state index contributed by atoms with van der Waals surface area (Å²) in [6.45, 7) is 3.61. The summed E-state index contributed by atoms with van der Waals surface area (Å²) in [5.41, 5.74) is 0.797. The van der Waals surface area contributed by atoms with E-state index >= 15 is 0 Å². The number of benzene rings is 1. The molecule has 0 amide bonds. The maximum atomic E-state index is 13.4. The van der Waals surface area contributed by atoms with Gasteiger partial charge in [0.05, 0.1) is 12.1 Å². The van der Waals surface area contributed by atoms with Crippen molar-refractivity contribution in [2.24, 2.45) is 0 Å². The first-order valence-corrected chi connectivity index (χ1v) is 6.90. The summed E-state index contributed by atoms with van der Waals surface area (Å²) in [4.78, 5) is 0. The standard InChI is InChI=1S/C14H19ClFNO/c1-2-17-14(13-5-3-4-8-18-13)11-9-10(16)6-7-12(11)15/h6-7,9,13-14,17H,2-5,8H2,1H3. The van der Waals surface area contributed by atoms with Crippen LogP contribution in [0.25, 0.3) is 0 Å². The molecular weight excluding hydrogens is 253 g/mol. The highest BCUT2D eigenvalue weighted by molar-refractivity contribution is 6.31. The van der Waals surface area contributed by atoms with Gasteiger partial charge in [0.1, 0.15) is 5.82 Å². The first-order chi connectivity index (χ1) is 8.72. The number of ether oxygens (including phenoxy) is 1. The lowest BCUT2D eigenvalue weighted by Crippen LogP contribution is -2.36. The van der Waals surface area contributed by atoms with Crippen LogP contribution in [0.5, 0.6) is 0 Å². The molecule has 0 radical (unpaired) electrons. The largest absolute Gasteiger partial charge is 0.376 e. The normalized spacial score (nSPS) is 21.8. The quantitative estimate of drug-likeness (QED) is 0.902. The summed E-state index contributed by atoms with van der Waals surface area (Å²) in [7, 11) is 0. The van der Waals surface area contributed by atoms with Gasteiger partial charge < -0.3 is 10.1 Å². The topological polar surface area (TPSA) is 21.3 Å². The first kappa shape index (κ1) is 13.8. The second-order valence-corrected chi connectivity index (χ2v) is 5.01. The van der Waals surface area contributed by atoms with Gasteiger partial charge in [-0.3, -0.25) is 0 Å². The molecule has 0 aliphatic carbocycles. The molecule has 4 heteroatoms. The first-order valence-electron chi connectivity index (χ1n) is 6.52. The van der Waals surface area contributed by atoms with E-state index in [0.717, 1.165) is 38.0 Å². The molecule has 1 aliphatic heterocycles. The van der Waals surface area contributed by atoms with Crippen molar-refractivity contribution in [3.8, 4) is 0 Å². The molecule has 1 fully saturated rings. The molecule has 2 atom stereocenters. The van der Waals surface area contributed by atoms with Crippen LogP contribution in [0, 0.1) is 5.82 Å². The predicted molar refractivity (Wildman–Crippen MR) is 71.4 cm³/mol. The maximum absolute atomic E-state index is 13.4. The fourth-order valence-electron chi connectivity index (χ4n) is 2.44. The van der Waals surface area contributed by atoms with E-state index in [4.69, 9.17) is 16.3 Å². The molecule has 2 rings (SSSR count). The van der Waals surface area contributed by atoms with Crippen LogP contribution in [-0.4, -0.2) is 19.3 Å². The lowest BCUT2D eigenvalue weighted by molar-refractivity contribution is -0.00789. The van der Waals surface area contributed by atoms with Crippen molar-refractivity contribution in [1.29, 1.82) is 0 Å². The van der Waals surface area contributed by atoms with Gasteiger partial charge in [0.2, 0.25) is 0 Å². The molecule has 1 heterocycles. The van der Waals surface area contributed by atoms with E-state index < -0.39 is 0 Å². The van der Waals surface area contributed by atoms with Crippen LogP contribution < -0.4 is 5.32 Å². The van der Waals surface area contributed by atoms with Crippen molar-refractivity contribution in [3.63, 3.8) is 0 Å². The van der Waals surface area contributed by atoms with E-state index in [0.29, 0.717) is 5.02 Å². The van der Waals surface area contributed by atoms with Crippen molar-refractivity contribution in [2.75, 3.05) is 13.2 Å². The Hall–Kier alpha value is -0.640. The Morgan fingerprint density at radius 3 is 3.00 bits per heavy atom. The minimum absolute atomic E-state index is 0.0292. The summed E-state index contributed by atoms with van der Waals surface area (Å²) >= 11 is 6.18. The highest BCUT2D eigenvalue weighted by Gasteiger charge is 2.27. The number of halogens is 2. The Labute approximate surface area is 112 Å². The summed E-state index contributed by atoms with van der Waals surface area (Å²) in [6, 6.07) is 4.47. The molecule has 1 N–H and O–H groups in total. The molecule has 1 aliphatic rings. The van der Waals surface area contributed by atoms with Gasteiger partial charge in [-0.2, -0.15) is 0 Å². The molecule has 0 aromatic heterocycles.